The molecule has 3 N–H and O–H groups in total. The molecule has 2 amide bonds. The smallest absolute Gasteiger partial charge is 0.407 e. The second kappa shape index (κ2) is 13.7. The number of rotatable bonds is 11. The lowest BCUT2D eigenvalue weighted by Gasteiger charge is -2.26. The van der Waals surface area contributed by atoms with E-state index in [-0.39, 0.29) is 24.7 Å². The van der Waals surface area contributed by atoms with Crippen molar-refractivity contribution < 1.29 is 37.4 Å². The zero-order chi connectivity index (χ0) is 28.3. The van der Waals surface area contributed by atoms with Crippen molar-refractivity contribution in [1.29, 1.82) is 0 Å². The van der Waals surface area contributed by atoms with Crippen LogP contribution in [-0.2, 0) is 19.6 Å². The molecule has 2 aromatic carbocycles. The Morgan fingerprint density at radius 1 is 1.03 bits per heavy atom. The summed E-state index contributed by atoms with van der Waals surface area (Å²) >= 11 is 0. The van der Waals surface area contributed by atoms with Crippen LogP contribution in [0.15, 0.2) is 53.4 Å². The third-order valence-corrected chi connectivity index (χ3v) is 6.78. The molecular weight excluding hydrogens is 514 g/mol. The van der Waals surface area contributed by atoms with Crippen LogP contribution < -0.4 is 20.3 Å². The number of nitrogens with one attached hydrogen (secondary N) is 2. The number of ether oxygens (including phenoxy) is 3. The maximum atomic E-state index is 13.3. The quantitative estimate of drug-likeness (QED) is 0.169. The minimum atomic E-state index is -4.14. The number of nitrogens with zero attached hydrogens (tertiary/aromatic N) is 1. The van der Waals surface area contributed by atoms with E-state index in [1.807, 2.05) is 0 Å². The number of hydroxylamine groups is 1. The molecule has 0 radical (unpaired) electrons. The van der Waals surface area contributed by atoms with Crippen LogP contribution in [-0.4, -0.2) is 62.3 Å². The van der Waals surface area contributed by atoms with E-state index >= 15 is 0 Å². The van der Waals surface area contributed by atoms with Crippen LogP contribution in [0.3, 0.4) is 0 Å². The first-order valence-electron chi connectivity index (χ1n) is 11.6. The second-order valence-corrected chi connectivity index (χ2v) is 10.9. The molecule has 2 rings (SSSR count). The zero-order valence-corrected chi connectivity index (χ0v) is 22.8. The molecule has 0 heterocycles. The molecule has 0 spiro atoms. The van der Waals surface area contributed by atoms with Gasteiger partial charge in [-0.1, -0.05) is 18.1 Å². The van der Waals surface area contributed by atoms with Gasteiger partial charge < -0.3 is 19.5 Å². The predicted octanol–water partition coefficient (Wildman–Crippen LogP) is 2.86. The van der Waals surface area contributed by atoms with E-state index < -0.39 is 33.7 Å². The van der Waals surface area contributed by atoms with Crippen LogP contribution in [0.5, 0.6) is 11.5 Å². The normalized spacial score (nSPS) is 12.1. The van der Waals surface area contributed by atoms with Gasteiger partial charge in [-0.3, -0.25) is 10.0 Å². The second-order valence-electron chi connectivity index (χ2n) is 8.93. The molecule has 206 valence electrons. The molecule has 0 saturated heterocycles. The van der Waals surface area contributed by atoms with Gasteiger partial charge in [0.05, 0.1) is 11.4 Å². The van der Waals surface area contributed by atoms with Crippen molar-refractivity contribution >= 4 is 22.0 Å². The van der Waals surface area contributed by atoms with E-state index in [9.17, 15) is 23.2 Å². The summed E-state index contributed by atoms with van der Waals surface area (Å²) in [6.45, 7) is 7.47. The topological polar surface area (TPSA) is 144 Å². The summed E-state index contributed by atoms with van der Waals surface area (Å²) in [7, 11) is -2.90. The average molecular weight is 548 g/mol. The number of carbonyl (C=O) groups is 2. The van der Waals surface area contributed by atoms with Crippen molar-refractivity contribution in [3.05, 3.63) is 54.1 Å². The molecule has 1 unspecified atom stereocenters. The number of benzene rings is 2. The fraction of sp³-hybridized carbons (Fsp3) is 0.385. The van der Waals surface area contributed by atoms with Crippen LogP contribution >= 0.6 is 0 Å². The highest BCUT2D eigenvalue weighted by atomic mass is 32.2. The molecule has 11 nitrogen and oxygen atoms in total. The minimum absolute atomic E-state index is 0.0675. The highest BCUT2D eigenvalue weighted by Gasteiger charge is 2.34. The van der Waals surface area contributed by atoms with Gasteiger partial charge in [0.1, 0.15) is 36.4 Å². The van der Waals surface area contributed by atoms with Gasteiger partial charge in [-0.15, -0.1) is 5.92 Å². The summed E-state index contributed by atoms with van der Waals surface area (Å²) in [4.78, 5) is 24.1. The van der Waals surface area contributed by atoms with Gasteiger partial charge in [0.15, 0.2) is 0 Å². The van der Waals surface area contributed by atoms with E-state index in [0.29, 0.717) is 17.1 Å². The number of hydrogen-bond donors (Lipinski definition) is 3. The van der Waals surface area contributed by atoms with Gasteiger partial charge in [0.2, 0.25) is 10.0 Å². The predicted molar refractivity (Wildman–Crippen MR) is 139 cm³/mol. The highest BCUT2D eigenvalue weighted by molar-refractivity contribution is 7.89. The first-order valence-corrected chi connectivity index (χ1v) is 13.1. The number of likely N-dealkylation sites (N-methyl/N-ethyl adjacent to an activating group) is 1. The van der Waals surface area contributed by atoms with Crippen molar-refractivity contribution in [2.24, 2.45) is 0 Å². The number of carbonyl (C=O) groups excluding carboxylic acids is 2. The van der Waals surface area contributed by atoms with Crippen LogP contribution in [0.25, 0.3) is 0 Å². The molecular formula is C26H33N3O8S. The Labute approximate surface area is 223 Å². The van der Waals surface area contributed by atoms with Crippen LogP contribution in [0.1, 0.15) is 39.3 Å². The maximum absolute atomic E-state index is 13.3. The molecule has 0 aliphatic rings. The Kier molecular flexibility index (Phi) is 10.9. The SMILES string of the molecule is CC#CCOc1ccc(S(=O)(=O)N(C)C(C(=O)NO)c2ccc(OCCNC(=O)OC(C)(C)C)cc2)cc1. The maximum Gasteiger partial charge on any atom is 0.407 e. The third kappa shape index (κ3) is 8.95. The van der Waals surface area contributed by atoms with Gasteiger partial charge in [0.25, 0.3) is 5.91 Å². The van der Waals surface area contributed by atoms with E-state index in [1.54, 1.807) is 39.8 Å². The Bertz CT molecular complexity index is 1240. The van der Waals surface area contributed by atoms with Gasteiger partial charge in [0, 0.05) is 7.05 Å². The number of amides is 2. The van der Waals surface area contributed by atoms with Gasteiger partial charge >= 0.3 is 6.09 Å². The summed E-state index contributed by atoms with van der Waals surface area (Å²) in [5.41, 5.74) is 1.21. The molecule has 0 aromatic heterocycles. The first kappa shape index (κ1) is 30.4. The summed E-state index contributed by atoms with van der Waals surface area (Å²) in [6, 6.07) is 10.4. The molecule has 12 heteroatoms. The Morgan fingerprint density at radius 2 is 1.61 bits per heavy atom. The lowest BCUT2D eigenvalue weighted by molar-refractivity contribution is -0.133. The van der Waals surface area contributed by atoms with Crippen molar-refractivity contribution in [3.8, 4) is 23.3 Å². The van der Waals surface area contributed by atoms with E-state index in [2.05, 4.69) is 17.2 Å². The molecule has 0 aliphatic heterocycles. The Morgan fingerprint density at radius 3 is 2.16 bits per heavy atom. The number of hydrogen-bond acceptors (Lipinski definition) is 8. The molecule has 0 bridgehead atoms. The molecule has 38 heavy (non-hydrogen) atoms. The lowest BCUT2D eigenvalue weighted by atomic mass is 10.1. The lowest BCUT2D eigenvalue weighted by Crippen LogP contribution is -2.40. The van der Waals surface area contributed by atoms with Crippen molar-refractivity contribution in [2.75, 3.05) is 26.8 Å². The van der Waals surface area contributed by atoms with Crippen LogP contribution in [0.4, 0.5) is 4.79 Å². The summed E-state index contributed by atoms with van der Waals surface area (Å²) in [5, 5.41) is 11.9. The van der Waals surface area contributed by atoms with Gasteiger partial charge in [-0.05, 0) is 69.7 Å². The summed E-state index contributed by atoms with van der Waals surface area (Å²) in [6.07, 6.45) is -0.563. The van der Waals surface area contributed by atoms with Crippen LogP contribution in [0, 0.1) is 11.8 Å². The van der Waals surface area contributed by atoms with E-state index in [1.165, 1.54) is 48.9 Å². The minimum Gasteiger partial charge on any atom is -0.492 e. The van der Waals surface area contributed by atoms with Crippen molar-refractivity contribution in [3.63, 3.8) is 0 Å². The van der Waals surface area contributed by atoms with Gasteiger partial charge in [-0.2, -0.15) is 4.31 Å². The third-order valence-electron chi connectivity index (χ3n) is 4.95. The monoisotopic (exact) mass is 547 g/mol. The Hall–Kier alpha value is -3.79. The van der Waals surface area contributed by atoms with Gasteiger partial charge in [-0.25, -0.2) is 18.7 Å². The van der Waals surface area contributed by atoms with E-state index in [4.69, 9.17) is 14.2 Å². The number of sulfonamides is 1. The largest absolute Gasteiger partial charge is 0.492 e. The molecule has 0 aliphatic carbocycles. The highest BCUT2D eigenvalue weighted by Crippen LogP contribution is 2.28. The first-order chi connectivity index (χ1) is 17.9. The van der Waals surface area contributed by atoms with Crippen LogP contribution in [0.2, 0.25) is 0 Å². The summed E-state index contributed by atoms with van der Waals surface area (Å²) in [5.74, 6) is 5.37. The zero-order valence-electron chi connectivity index (χ0n) is 22.0. The summed E-state index contributed by atoms with van der Waals surface area (Å²) < 4.78 is 43.5. The fourth-order valence-electron chi connectivity index (χ4n) is 3.17. The fourth-order valence-corrected chi connectivity index (χ4v) is 4.48. The molecule has 0 fully saturated rings. The van der Waals surface area contributed by atoms with E-state index in [0.717, 1.165) is 4.31 Å². The number of alkyl carbamates (subject to hydrolysis) is 1. The molecule has 2 aromatic rings. The van der Waals surface area contributed by atoms with Crippen molar-refractivity contribution in [2.45, 2.75) is 44.2 Å². The standard InChI is InChI=1S/C26H33N3O8S/c1-6-7-17-35-21-12-14-22(15-13-21)38(33,34)29(5)23(24(30)28-32)19-8-10-20(11-9-19)36-18-16-27-25(31)37-26(2,3)4/h8-15,23,32H,16-18H2,1-5H3,(H,27,31)(H,28,30). The molecule has 1 atom stereocenters. The Balaban J connectivity index is 2.10. The molecule has 0 saturated carbocycles. The average Bonchev–Trinajstić information content (AvgIpc) is 2.87. The van der Waals surface area contributed by atoms with Crippen molar-refractivity contribution in [1.82, 2.24) is 15.1 Å².